The first-order valence-corrected chi connectivity index (χ1v) is 13.6. The molecule has 0 spiro atoms. The summed E-state index contributed by atoms with van der Waals surface area (Å²) < 4.78 is 5.02. The van der Waals surface area contributed by atoms with Gasteiger partial charge in [-0.25, -0.2) is 14.8 Å². The Morgan fingerprint density at radius 3 is 2.38 bits per heavy atom. The van der Waals surface area contributed by atoms with Crippen molar-refractivity contribution in [2.24, 2.45) is 0 Å². The number of hydrogen-bond acceptors (Lipinski definition) is 8. The van der Waals surface area contributed by atoms with Gasteiger partial charge in [-0.2, -0.15) is 0 Å². The molecule has 1 aliphatic heterocycles. The van der Waals surface area contributed by atoms with E-state index < -0.39 is 36.0 Å². The maximum absolute atomic E-state index is 13.5. The molecule has 12 heteroatoms. The van der Waals surface area contributed by atoms with Crippen LogP contribution in [0.2, 0.25) is 0 Å². The fraction of sp³-hybridized carbons (Fsp3) is 0.500. The molecule has 2 aromatic rings. The number of rotatable bonds is 9. The summed E-state index contributed by atoms with van der Waals surface area (Å²) in [4.78, 5) is 62.4. The number of benzene rings is 1. The second-order valence-corrected chi connectivity index (χ2v) is 9.94. The van der Waals surface area contributed by atoms with Crippen molar-refractivity contribution in [3.05, 3.63) is 47.8 Å². The first-order chi connectivity index (χ1) is 19.3. The van der Waals surface area contributed by atoms with E-state index in [9.17, 15) is 29.4 Å². The Kier molecular flexibility index (Phi) is 9.65. The second-order valence-electron chi connectivity index (χ2n) is 9.94. The third kappa shape index (κ3) is 7.12. The highest BCUT2D eigenvalue weighted by Gasteiger charge is 2.33. The van der Waals surface area contributed by atoms with Crippen LogP contribution >= 0.6 is 0 Å². The number of nitrogens with one attached hydrogen (secondary N) is 1. The minimum atomic E-state index is -1.10. The summed E-state index contributed by atoms with van der Waals surface area (Å²) in [6, 6.07) is 9.59. The van der Waals surface area contributed by atoms with Crippen LogP contribution in [-0.2, 0) is 14.3 Å². The molecule has 2 unspecified atom stereocenters. The number of carboxylic acids is 1. The fourth-order valence-electron chi connectivity index (χ4n) is 5.08. The van der Waals surface area contributed by atoms with Gasteiger partial charge in [0, 0.05) is 44.1 Å². The van der Waals surface area contributed by atoms with E-state index in [4.69, 9.17) is 4.74 Å². The number of nitrogens with zero attached hydrogens (tertiary/aromatic N) is 4. The zero-order valence-corrected chi connectivity index (χ0v) is 22.5. The number of aliphatic carboxylic acids is 1. The highest BCUT2D eigenvalue weighted by molar-refractivity contribution is 5.96. The molecule has 3 amide bonds. The molecule has 1 saturated heterocycles. The first-order valence-electron chi connectivity index (χ1n) is 13.6. The van der Waals surface area contributed by atoms with Crippen molar-refractivity contribution >= 4 is 23.9 Å². The molecule has 214 valence electrons. The molecule has 3 N–H and O–H groups in total. The molecule has 12 nitrogen and oxygen atoms in total. The van der Waals surface area contributed by atoms with Crippen molar-refractivity contribution in [3.8, 4) is 11.4 Å². The molecule has 2 aliphatic rings. The Hall–Kier alpha value is -4.06. The van der Waals surface area contributed by atoms with Gasteiger partial charge in [-0.15, -0.1) is 0 Å². The number of aromatic nitrogens is 2. The van der Waals surface area contributed by atoms with Crippen molar-refractivity contribution in [2.45, 2.75) is 57.1 Å². The Bertz CT molecular complexity index is 1220. The van der Waals surface area contributed by atoms with Gasteiger partial charge in [-0.05, 0) is 32.3 Å². The molecule has 2 heterocycles. The molecule has 1 aliphatic carbocycles. The van der Waals surface area contributed by atoms with Crippen LogP contribution < -0.4 is 5.32 Å². The molecule has 0 bridgehead atoms. The monoisotopic (exact) mass is 553 g/mol. The lowest BCUT2D eigenvalue weighted by atomic mass is 10.00. The zero-order chi connectivity index (χ0) is 28.6. The van der Waals surface area contributed by atoms with E-state index in [0.717, 1.165) is 12.8 Å². The molecule has 1 aromatic carbocycles. The second kappa shape index (κ2) is 13.3. The summed E-state index contributed by atoms with van der Waals surface area (Å²) in [5, 5.41) is 22.5. The van der Waals surface area contributed by atoms with Crippen LogP contribution in [0.4, 0.5) is 4.79 Å². The third-order valence-electron chi connectivity index (χ3n) is 7.24. The Morgan fingerprint density at radius 2 is 1.75 bits per heavy atom. The number of ether oxygens (including phenoxy) is 1. The molecular formula is C28H35N5O7. The fourth-order valence-corrected chi connectivity index (χ4v) is 5.08. The number of piperazine rings is 1. The third-order valence-corrected chi connectivity index (χ3v) is 7.24. The summed E-state index contributed by atoms with van der Waals surface area (Å²) in [5.74, 6) is -2.07. The van der Waals surface area contributed by atoms with E-state index in [-0.39, 0.29) is 57.2 Å². The lowest BCUT2D eigenvalue weighted by Gasteiger charge is -2.35. The normalized spacial score (nSPS) is 19.6. The Morgan fingerprint density at radius 1 is 1.05 bits per heavy atom. The SMILES string of the molecule is CCOC(=O)N1CCN(C(=O)C(CCC(=O)O)NC(=O)c2cc(C3CCC[C@@H]3O)nc(-c3ccccc3)n2)CC1. The van der Waals surface area contributed by atoms with Crippen molar-refractivity contribution in [2.75, 3.05) is 32.8 Å². The number of amides is 3. The van der Waals surface area contributed by atoms with Crippen molar-refractivity contribution in [1.82, 2.24) is 25.1 Å². The summed E-state index contributed by atoms with van der Waals surface area (Å²) >= 11 is 0. The van der Waals surface area contributed by atoms with Crippen LogP contribution in [0.15, 0.2) is 36.4 Å². The number of hydrogen-bond donors (Lipinski definition) is 3. The van der Waals surface area contributed by atoms with Crippen LogP contribution in [0.25, 0.3) is 11.4 Å². The summed E-state index contributed by atoms with van der Waals surface area (Å²) in [6.45, 7) is 2.95. The van der Waals surface area contributed by atoms with Gasteiger partial charge in [0.05, 0.1) is 18.4 Å². The number of carbonyl (C=O) groups is 4. The maximum Gasteiger partial charge on any atom is 0.409 e. The van der Waals surface area contributed by atoms with Crippen molar-refractivity contribution in [3.63, 3.8) is 0 Å². The number of carbonyl (C=O) groups excluding carboxylic acids is 3. The summed E-state index contributed by atoms with van der Waals surface area (Å²) in [7, 11) is 0. The lowest BCUT2D eigenvalue weighted by Crippen LogP contribution is -2.56. The molecule has 2 fully saturated rings. The Labute approximate surface area is 232 Å². The van der Waals surface area contributed by atoms with E-state index in [1.165, 1.54) is 15.9 Å². The van der Waals surface area contributed by atoms with Crippen LogP contribution in [0.5, 0.6) is 0 Å². The highest BCUT2D eigenvalue weighted by Crippen LogP contribution is 2.34. The largest absolute Gasteiger partial charge is 0.481 e. The topological polar surface area (TPSA) is 162 Å². The minimum Gasteiger partial charge on any atom is -0.481 e. The predicted octanol–water partition coefficient (Wildman–Crippen LogP) is 2.04. The molecule has 1 saturated carbocycles. The molecule has 4 rings (SSSR count). The van der Waals surface area contributed by atoms with Gasteiger partial charge in [0.15, 0.2) is 5.82 Å². The van der Waals surface area contributed by atoms with Crippen LogP contribution in [-0.4, -0.2) is 98.8 Å². The molecular weight excluding hydrogens is 518 g/mol. The van der Waals surface area contributed by atoms with E-state index in [1.807, 2.05) is 30.3 Å². The van der Waals surface area contributed by atoms with E-state index in [2.05, 4.69) is 15.3 Å². The van der Waals surface area contributed by atoms with Gasteiger partial charge in [-0.1, -0.05) is 36.8 Å². The molecule has 3 atom stereocenters. The van der Waals surface area contributed by atoms with Gasteiger partial charge >= 0.3 is 12.1 Å². The van der Waals surface area contributed by atoms with Gasteiger partial charge in [-0.3, -0.25) is 14.4 Å². The summed E-state index contributed by atoms with van der Waals surface area (Å²) in [6.07, 6.45) is 0.754. The number of carboxylic acid groups (broad SMARTS) is 1. The molecule has 1 aromatic heterocycles. The first kappa shape index (κ1) is 28.9. The Balaban J connectivity index is 1.55. The minimum absolute atomic E-state index is 0.0307. The van der Waals surface area contributed by atoms with Gasteiger partial charge in [0.25, 0.3) is 5.91 Å². The zero-order valence-electron chi connectivity index (χ0n) is 22.5. The molecule has 0 radical (unpaired) electrons. The standard InChI is InChI=1S/C28H35N5O7/c1-2-40-28(39)33-15-13-32(14-16-33)27(38)20(11-12-24(35)36)31-26(37)22-17-21(19-9-6-10-23(19)34)29-25(30-22)18-7-4-3-5-8-18/h3-5,7-8,17,19-20,23,34H,2,6,9-16H2,1H3,(H,31,37)(H,35,36)/t19?,20?,23-/m0/s1. The average molecular weight is 554 g/mol. The maximum atomic E-state index is 13.5. The van der Waals surface area contributed by atoms with Crippen LogP contribution in [0.3, 0.4) is 0 Å². The van der Waals surface area contributed by atoms with Crippen molar-refractivity contribution < 1.29 is 34.1 Å². The van der Waals surface area contributed by atoms with Gasteiger partial charge < -0.3 is 30.1 Å². The van der Waals surface area contributed by atoms with E-state index in [0.29, 0.717) is 23.5 Å². The smallest absolute Gasteiger partial charge is 0.409 e. The van der Waals surface area contributed by atoms with Crippen LogP contribution in [0, 0.1) is 0 Å². The van der Waals surface area contributed by atoms with E-state index in [1.54, 1.807) is 6.92 Å². The van der Waals surface area contributed by atoms with Crippen molar-refractivity contribution in [1.29, 1.82) is 0 Å². The lowest BCUT2D eigenvalue weighted by molar-refractivity contribution is -0.138. The number of aliphatic hydroxyl groups excluding tert-OH is 1. The van der Waals surface area contributed by atoms with Gasteiger partial charge in [0.2, 0.25) is 5.91 Å². The highest BCUT2D eigenvalue weighted by atomic mass is 16.6. The van der Waals surface area contributed by atoms with Crippen LogP contribution in [0.1, 0.15) is 61.1 Å². The predicted molar refractivity (Wildman–Crippen MR) is 143 cm³/mol. The van der Waals surface area contributed by atoms with Gasteiger partial charge in [0.1, 0.15) is 11.7 Å². The molecule has 40 heavy (non-hydrogen) atoms. The quantitative estimate of drug-likeness (QED) is 0.422. The number of aliphatic hydroxyl groups is 1. The average Bonchev–Trinajstić information content (AvgIpc) is 3.40. The van der Waals surface area contributed by atoms with E-state index >= 15 is 0 Å². The summed E-state index contributed by atoms with van der Waals surface area (Å²) in [5.41, 5.74) is 1.28.